The van der Waals surface area contributed by atoms with Crippen molar-refractivity contribution in [2.75, 3.05) is 5.32 Å². The normalized spacial score (nSPS) is 10.5. The van der Waals surface area contributed by atoms with E-state index in [0.29, 0.717) is 0 Å². The lowest BCUT2D eigenvalue weighted by molar-refractivity contribution is -0.114. The van der Waals surface area contributed by atoms with Crippen molar-refractivity contribution in [1.82, 2.24) is 15.0 Å². The van der Waals surface area contributed by atoms with Gasteiger partial charge in [0, 0.05) is 48.9 Å². The average Bonchev–Trinajstić information content (AvgIpc) is 3.09. The summed E-state index contributed by atoms with van der Waals surface area (Å²) in [6, 6.07) is 11.9. The van der Waals surface area contributed by atoms with Crippen molar-refractivity contribution in [1.29, 1.82) is 0 Å². The topological polar surface area (TPSA) is 70.7 Å². The van der Waals surface area contributed by atoms with Gasteiger partial charge in [0.05, 0.1) is 0 Å². The number of anilines is 1. The summed E-state index contributed by atoms with van der Waals surface area (Å²) in [5, 5.41) is 2.77. The first-order valence-corrected chi connectivity index (χ1v) is 8.02. The highest BCUT2D eigenvalue weighted by molar-refractivity contribution is 5.88. The quantitative estimate of drug-likeness (QED) is 0.729. The van der Waals surface area contributed by atoms with Crippen molar-refractivity contribution in [2.45, 2.75) is 26.2 Å². The van der Waals surface area contributed by atoms with E-state index in [2.05, 4.69) is 32.4 Å². The number of benzene rings is 1. The first-order chi connectivity index (χ1) is 11.7. The SMILES string of the molecule is CC(=O)Nc1ccc(-c2ccc(CCCc3ncc[nH]3)nc2)cc1. The summed E-state index contributed by atoms with van der Waals surface area (Å²) in [6.45, 7) is 1.50. The predicted octanol–water partition coefficient (Wildman–Crippen LogP) is 3.61. The Balaban J connectivity index is 1.58. The molecule has 0 spiro atoms. The van der Waals surface area contributed by atoms with Gasteiger partial charge < -0.3 is 10.3 Å². The second-order valence-electron chi connectivity index (χ2n) is 5.69. The lowest BCUT2D eigenvalue weighted by atomic mass is 10.1. The van der Waals surface area contributed by atoms with Gasteiger partial charge in [-0.2, -0.15) is 0 Å². The Kier molecular flexibility index (Phi) is 5.01. The second kappa shape index (κ2) is 7.55. The molecule has 0 bridgehead atoms. The Morgan fingerprint density at radius 1 is 1.04 bits per heavy atom. The standard InChI is InChI=1S/C19H20N4O/c1-14(24)23-18-9-5-15(6-10-18)16-7-8-17(22-13-16)3-2-4-19-20-11-12-21-19/h5-13H,2-4H2,1H3,(H,20,21)(H,23,24). The van der Waals surface area contributed by atoms with E-state index in [1.54, 1.807) is 6.20 Å². The van der Waals surface area contributed by atoms with Crippen LogP contribution >= 0.6 is 0 Å². The fourth-order valence-corrected chi connectivity index (χ4v) is 2.56. The summed E-state index contributed by atoms with van der Waals surface area (Å²) < 4.78 is 0. The highest BCUT2D eigenvalue weighted by Gasteiger charge is 2.02. The van der Waals surface area contributed by atoms with Crippen LogP contribution in [0.25, 0.3) is 11.1 Å². The van der Waals surface area contributed by atoms with E-state index in [1.807, 2.05) is 36.7 Å². The number of rotatable bonds is 6. The third-order valence-electron chi connectivity index (χ3n) is 3.76. The predicted molar refractivity (Wildman–Crippen MR) is 94.6 cm³/mol. The minimum atomic E-state index is -0.0664. The number of pyridine rings is 1. The molecule has 1 aromatic carbocycles. The van der Waals surface area contributed by atoms with Crippen LogP contribution in [0.2, 0.25) is 0 Å². The summed E-state index contributed by atoms with van der Waals surface area (Å²) in [7, 11) is 0. The molecule has 24 heavy (non-hydrogen) atoms. The Morgan fingerprint density at radius 3 is 2.46 bits per heavy atom. The number of nitrogens with one attached hydrogen (secondary N) is 2. The van der Waals surface area contributed by atoms with Crippen LogP contribution in [0.4, 0.5) is 5.69 Å². The highest BCUT2D eigenvalue weighted by Crippen LogP contribution is 2.21. The van der Waals surface area contributed by atoms with Crippen LogP contribution in [-0.4, -0.2) is 20.9 Å². The molecule has 5 nitrogen and oxygen atoms in total. The molecule has 1 amide bonds. The van der Waals surface area contributed by atoms with E-state index >= 15 is 0 Å². The summed E-state index contributed by atoms with van der Waals surface area (Å²) in [5.41, 5.74) is 4.03. The maximum atomic E-state index is 11.0. The number of nitrogens with zero attached hydrogens (tertiary/aromatic N) is 2. The molecule has 2 heterocycles. The Hall–Kier alpha value is -2.95. The van der Waals surface area contributed by atoms with Crippen molar-refractivity contribution in [3.05, 3.63) is 66.5 Å². The summed E-state index contributed by atoms with van der Waals surface area (Å²) in [6.07, 6.45) is 8.41. The molecule has 2 aromatic heterocycles. The summed E-state index contributed by atoms with van der Waals surface area (Å²) >= 11 is 0. The smallest absolute Gasteiger partial charge is 0.221 e. The zero-order chi connectivity index (χ0) is 16.8. The van der Waals surface area contributed by atoms with E-state index in [1.165, 1.54) is 6.92 Å². The monoisotopic (exact) mass is 320 g/mol. The van der Waals surface area contributed by atoms with Gasteiger partial charge in [-0.15, -0.1) is 0 Å². The number of hydrogen-bond donors (Lipinski definition) is 2. The van der Waals surface area contributed by atoms with Gasteiger partial charge in [0.25, 0.3) is 0 Å². The van der Waals surface area contributed by atoms with Crippen LogP contribution in [0.5, 0.6) is 0 Å². The van der Waals surface area contributed by atoms with Gasteiger partial charge in [0.15, 0.2) is 0 Å². The number of hydrogen-bond acceptors (Lipinski definition) is 3. The van der Waals surface area contributed by atoms with E-state index in [-0.39, 0.29) is 5.91 Å². The van der Waals surface area contributed by atoms with Crippen molar-refractivity contribution < 1.29 is 4.79 Å². The van der Waals surface area contributed by atoms with Gasteiger partial charge in [-0.25, -0.2) is 4.98 Å². The van der Waals surface area contributed by atoms with Gasteiger partial charge in [-0.3, -0.25) is 9.78 Å². The largest absolute Gasteiger partial charge is 0.349 e. The molecule has 0 unspecified atom stereocenters. The number of carbonyl (C=O) groups is 1. The molecule has 5 heteroatoms. The molecule has 0 saturated heterocycles. The minimum absolute atomic E-state index is 0.0664. The molecule has 0 aliphatic heterocycles. The maximum Gasteiger partial charge on any atom is 0.221 e. The van der Waals surface area contributed by atoms with E-state index in [4.69, 9.17) is 0 Å². The van der Waals surface area contributed by atoms with Crippen molar-refractivity contribution in [2.24, 2.45) is 0 Å². The fourth-order valence-electron chi connectivity index (χ4n) is 2.56. The minimum Gasteiger partial charge on any atom is -0.349 e. The van der Waals surface area contributed by atoms with Gasteiger partial charge in [0.1, 0.15) is 5.82 Å². The van der Waals surface area contributed by atoms with Gasteiger partial charge in [0.2, 0.25) is 5.91 Å². The second-order valence-corrected chi connectivity index (χ2v) is 5.69. The number of H-pyrrole nitrogens is 1. The first kappa shape index (κ1) is 15.9. The number of aryl methyl sites for hydroxylation is 2. The molecule has 0 radical (unpaired) electrons. The molecule has 122 valence electrons. The number of amides is 1. The molecular weight excluding hydrogens is 300 g/mol. The summed E-state index contributed by atoms with van der Waals surface area (Å²) in [4.78, 5) is 22.9. The molecule has 0 saturated carbocycles. The fraction of sp³-hybridized carbons (Fsp3) is 0.211. The first-order valence-electron chi connectivity index (χ1n) is 8.02. The van der Waals surface area contributed by atoms with Gasteiger partial charge >= 0.3 is 0 Å². The Labute approximate surface area is 141 Å². The zero-order valence-corrected chi connectivity index (χ0v) is 13.6. The van der Waals surface area contributed by atoms with Gasteiger partial charge in [-0.05, 0) is 36.6 Å². The third kappa shape index (κ3) is 4.29. The zero-order valence-electron chi connectivity index (χ0n) is 13.6. The van der Waals surface area contributed by atoms with Crippen LogP contribution in [0.1, 0.15) is 24.9 Å². The summed E-state index contributed by atoms with van der Waals surface area (Å²) in [5.74, 6) is 0.953. The lowest BCUT2D eigenvalue weighted by Gasteiger charge is -2.06. The van der Waals surface area contributed by atoms with Gasteiger partial charge in [-0.1, -0.05) is 18.2 Å². The van der Waals surface area contributed by atoms with Crippen LogP contribution in [0.15, 0.2) is 55.0 Å². The molecule has 2 N–H and O–H groups in total. The van der Waals surface area contributed by atoms with Crippen LogP contribution in [0.3, 0.4) is 0 Å². The lowest BCUT2D eigenvalue weighted by Crippen LogP contribution is -2.05. The van der Waals surface area contributed by atoms with E-state index in [9.17, 15) is 4.79 Å². The van der Waals surface area contributed by atoms with Crippen molar-refractivity contribution >= 4 is 11.6 Å². The maximum absolute atomic E-state index is 11.0. The number of carbonyl (C=O) groups excluding carboxylic acids is 1. The Morgan fingerprint density at radius 2 is 1.83 bits per heavy atom. The van der Waals surface area contributed by atoms with Crippen molar-refractivity contribution in [3.63, 3.8) is 0 Å². The van der Waals surface area contributed by atoms with Crippen molar-refractivity contribution in [3.8, 4) is 11.1 Å². The number of aromatic amines is 1. The van der Waals surface area contributed by atoms with Crippen LogP contribution in [-0.2, 0) is 17.6 Å². The molecule has 0 aliphatic carbocycles. The average molecular weight is 320 g/mol. The molecule has 3 aromatic rings. The highest BCUT2D eigenvalue weighted by atomic mass is 16.1. The molecule has 0 aliphatic rings. The molecule has 0 atom stereocenters. The van der Waals surface area contributed by atoms with E-state index < -0.39 is 0 Å². The number of imidazole rings is 1. The number of aromatic nitrogens is 3. The molecular formula is C19H20N4O. The molecule has 3 rings (SSSR count). The van der Waals surface area contributed by atoms with Crippen LogP contribution < -0.4 is 5.32 Å². The Bertz CT molecular complexity index is 777. The van der Waals surface area contributed by atoms with E-state index in [0.717, 1.165) is 47.6 Å². The van der Waals surface area contributed by atoms with Crippen LogP contribution in [0, 0.1) is 0 Å². The molecule has 0 fully saturated rings. The third-order valence-corrected chi connectivity index (χ3v) is 3.76.